The van der Waals surface area contributed by atoms with Crippen molar-refractivity contribution in [3.8, 4) is 5.75 Å². The maximum atomic E-state index is 12.7. The number of aryl methyl sites for hydroxylation is 2. The predicted molar refractivity (Wildman–Crippen MR) is 113 cm³/mol. The highest BCUT2D eigenvalue weighted by atomic mass is 16.5. The van der Waals surface area contributed by atoms with E-state index in [9.17, 15) is 9.59 Å². The van der Waals surface area contributed by atoms with Crippen LogP contribution in [0.3, 0.4) is 0 Å². The van der Waals surface area contributed by atoms with E-state index in [1.165, 1.54) is 6.07 Å². The van der Waals surface area contributed by atoms with Crippen molar-refractivity contribution < 1.29 is 13.9 Å². The molecule has 1 saturated heterocycles. The molecule has 156 valence electrons. The molecule has 8 nitrogen and oxygen atoms in total. The average Bonchev–Trinajstić information content (AvgIpc) is 2.77. The SMILES string of the molecule is CCc1cc(=O)oc2cc(C)cc(OCC(=O)N3CCN(c4cnccn4)CC3)c12. The lowest BCUT2D eigenvalue weighted by atomic mass is 10.1. The Labute approximate surface area is 174 Å². The fourth-order valence-corrected chi connectivity index (χ4v) is 3.73. The number of benzene rings is 1. The van der Waals surface area contributed by atoms with Crippen LogP contribution in [0.4, 0.5) is 5.82 Å². The van der Waals surface area contributed by atoms with Crippen LogP contribution in [0.25, 0.3) is 11.0 Å². The number of hydrogen-bond donors (Lipinski definition) is 0. The van der Waals surface area contributed by atoms with Gasteiger partial charge in [-0.3, -0.25) is 9.78 Å². The summed E-state index contributed by atoms with van der Waals surface area (Å²) in [6.45, 7) is 6.40. The van der Waals surface area contributed by atoms with Gasteiger partial charge in [0, 0.05) is 44.6 Å². The van der Waals surface area contributed by atoms with E-state index in [4.69, 9.17) is 9.15 Å². The zero-order valence-corrected chi connectivity index (χ0v) is 17.1. The fraction of sp³-hybridized carbons (Fsp3) is 0.364. The molecule has 1 aromatic carbocycles. The van der Waals surface area contributed by atoms with E-state index in [-0.39, 0.29) is 18.1 Å². The van der Waals surface area contributed by atoms with Gasteiger partial charge in [0.25, 0.3) is 5.91 Å². The van der Waals surface area contributed by atoms with Crippen LogP contribution in [-0.2, 0) is 11.2 Å². The van der Waals surface area contributed by atoms with Crippen LogP contribution in [0.15, 0.2) is 46.0 Å². The van der Waals surface area contributed by atoms with E-state index in [2.05, 4.69) is 14.9 Å². The highest BCUT2D eigenvalue weighted by Crippen LogP contribution is 2.30. The van der Waals surface area contributed by atoms with Crippen molar-refractivity contribution >= 4 is 22.7 Å². The molecule has 8 heteroatoms. The largest absolute Gasteiger partial charge is 0.483 e. The summed E-state index contributed by atoms with van der Waals surface area (Å²) in [5.41, 5.74) is 1.85. The van der Waals surface area contributed by atoms with E-state index < -0.39 is 0 Å². The van der Waals surface area contributed by atoms with Gasteiger partial charge in [-0.1, -0.05) is 6.92 Å². The number of fused-ring (bicyclic) bond motifs is 1. The first-order valence-corrected chi connectivity index (χ1v) is 10.0. The average molecular weight is 408 g/mol. The molecule has 0 radical (unpaired) electrons. The molecule has 0 unspecified atom stereocenters. The molecule has 2 aromatic heterocycles. The summed E-state index contributed by atoms with van der Waals surface area (Å²) in [5, 5.41) is 0.753. The summed E-state index contributed by atoms with van der Waals surface area (Å²) < 4.78 is 11.3. The third kappa shape index (κ3) is 4.12. The zero-order chi connectivity index (χ0) is 21.1. The second kappa shape index (κ2) is 8.52. The highest BCUT2D eigenvalue weighted by molar-refractivity contribution is 5.88. The number of hydrogen-bond acceptors (Lipinski definition) is 7. The fourth-order valence-electron chi connectivity index (χ4n) is 3.73. The summed E-state index contributed by atoms with van der Waals surface area (Å²) >= 11 is 0. The van der Waals surface area contributed by atoms with Crippen LogP contribution in [0.2, 0.25) is 0 Å². The molecule has 0 aliphatic carbocycles. The molecule has 0 spiro atoms. The predicted octanol–water partition coefficient (Wildman–Crippen LogP) is 2.18. The van der Waals surface area contributed by atoms with Crippen molar-refractivity contribution in [2.45, 2.75) is 20.3 Å². The summed E-state index contributed by atoms with van der Waals surface area (Å²) in [7, 11) is 0. The molecule has 0 atom stereocenters. The molecule has 1 aliphatic rings. The summed E-state index contributed by atoms with van der Waals surface area (Å²) in [6.07, 6.45) is 5.71. The van der Waals surface area contributed by atoms with E-state index in [0.717, 1.165) is 22.3 Å². The first-order chi connectivity index (χ1) is 14.5. The van der Waals surface area contributed by atoms with Crippen molar-refractivity contribution in [1.82, 2.24) is 14.9 Å². The van der Waals surface area contributed by atoms with Gasteiger partial charge in [-0.05, 0) is 36.6 Å². The standard InChI is InChI=1S/C22H24N4O4/c1-3-16-12-21(28)30-18-11-15(2)10-17(22(16)18)29-14-20(27)26-8-6-25(7-9-26)19-13-23-4-5-24-19/h4-5,10-13H,3,6-9,14H2,1-2H3. The molecular formula is C22H24N4O4. The van der Waals surface area contributed by atoms with Crippen LogP contribution >= 0.6 is 0 Å². The van der Waals surface area contributed by atoms with Gasteiger partial charge in [0.05, 0.1) is 11.6 Å². The zero-order valence-electron chi connectivity index (χ0n) is 17.1. The van der Waals surface area contributed by atoms with Crippen molar-refractivity contribution in [3.05, 3.63) is 58.3 Å². The molecule has 1 aliphatic heterocycles. The molecule has 0 saturated carbocycles. The van der Waals surface area contributed by atoms with E-state index in [1.807, 2.05) is 26.0 Å². The van der Waals surface area contributed by atoms with Crippen molar-refractivity contribution in [3.63, 3.8) is 0 Å². The first-order valence-electron chi connectivity index (χ1n) is 10.0. The van der Waals surface area contributed by atoms with Crippen LogP contribution in [-0.4, -0.2) is 53.6 Å². The lowest BCUT2D eigenvalue weighted by molar-refractivity contribution is -0.133. The number of rotatable bonds is 5. The van der Waals surface area contributed by atoms with Gasteiger partial charge in [-0.2, -0.15) is 0 Å². The molecule has 3 heterocycles. The molecule has 0 N–H and O–H groups in total. The van der Waals surface area contributed by atoms with Crippen LogP contribution in [0, 0.1) is 6.92 Å². The molecular weight excluding hydrogens is 384 g/mol. The Balaban J connectivity index is 1.44. The number of ether oxygens (including phenoxy) is 1. The number of aromatic nitrogens is 2. The quantitative estimate of drug-likeness (QED) is 0.598. The Kier molecular flexibility index (Phi) is 5.65. The van der Waals surface area contributed by atoms with Crippen molar-refractivity contribution in [2.75, 3.05) is 37.7 Å². The molecule has 30 heavy (non-hydrogen) atoms. The molecule has 1 fully saturated rings. The minimum absolute atomic E-state index is 0.0635. The Morgan fingerprint density at radius 3 is 2.67 bits per heavy atom. The van der Waals surface area contributed by atoms with E-state index >= 15 is 0 Å². The van der Waals surface area contributed by atoms with Gasteiger partial charge >= 0.3 is 5.63 Å². The maximum absolute atomic E-state index is 12.7. The number of carbonyl (C=O) groups is 1. The summed E-state index contributed by atoms with van der Waals surface area (Å²) in [4.78, 5) is 36.9. The van der Waals surface area contributed by atoms with Gasteiger partial charge in [-0.15, -0.1) is 0 Å². The van der Waals surface area contributed by atoms with Gasteiger partial charge in [0.2, 0.25) is 0 Å². The molecule has 4 rings (SSSR count). The first kappa shape index (κ1) is 19.9. The maximum Gasteiger partial charge on any atom is 0.336 e. The lowest BCUT2D eigenvalue weighted by Crippen LogP contribution is -2.50. The summed E-state index contributed by atoms with van der Waals surface area (Å²) in [5.74, 6) is 1.32. The lowest BCUT2D eigenvalue weighted by Gasteiger charge is -2.35. The third-order valence-electron chi connectivity index (χ3n) is 5.27. The summed E-state index contributed by atoms with van der Waals surface area (Å²) in [6, 6.07) is 5.18. The Hall–Kier alpha value is -3.42. The van der Waals surface area contributed by atoms with Gasteiger partial charge < -0.3 is 19.0 Å². The van der Waals surface area contributed by atoms with Crippen molar-refractivity contribution in [1.29, 1.82) is 0 Å². The normalized spacial score (nSPS) is 14.2. The number of nitrogens with zero attached hydrogens (tertiary/aromatic N) is 4. The third-order valence-corrected chi connectivity index (χ3v) is 5.27. The molecule has 0 bridgehead atoms. The van der Waals surface area contributed by atoms with Gasteiger partial charge in [-0.25, -0.2) is 9.78 Å². The highest BCUT2D eigenvalue weighted by Gasteiger charge is 2.23. The monoisotopic (exact) mass is 408 g/mol. The topological polar surface area (TPSA) is 88.8 Å². The number of piperazine rings is 1. The van der Waals surface area contributed by atoms with E-state index in [1.54, 1.807) is 23.5 Å². The number of carbonyl (C=O) groups excluding carboxylic acids is 1. The Morgan fingerprint density at radius 2 is 1.97 bits per heavy atom. The number of amides is 1. The Bertz CT molecular complexity index is 1110. The minimum Gasteiger partial charge on any atom is -0.483 e. The van der Waals surface area contributed by atoms with E-state index in [0.29, 0.717) is 43.9 Å². The molecule has 3 aromatic rings. The van der Waals surface area contributed by atoms with Crippen LogP contribution in [0.1, 0.15) is 18.1 Å². The van der Waals surface area contributed by atoms with Gasteiger partial charge in [0.1, 0.15) is 17.2 Å². The van der Waals surface area contributed by atoms with Gasteiger partial charge in [0.15, 0.2) is 6.61 Å². The Morgan fingerprint density at radius 1 is 1.17 bits per heavy atom. The minimum atomic E-state index is -0.382. The smallest absolute Gasteiger partial charge is 0.336 e. The van der Waals surface area contributed by atoms with Crippen LogP contribution < -0.4 is 15.3 Å². The second-order valence-corrected chi connectivity index (χ2v) is 7.30. The molecule has 1 amide bonds. The van der Waals surface area contributed by atoms with Crippen molar-refractivity contribution in [2.24, 2.45) is 0 Å². The number of anilines is 1. The van der Waals surface area contributed by atoms with Crippen LogP contribution in [0.5, 0.6) is 5.75 Å². The second-order valence-electron chi connectivity index (χ2n) is 7.30.